The molecule has 0 aromatic rings. The fraction of sp³-hybridized carbons (Fsp3) is 0.867. The van der Waals surface area contributed by atoms with Crippen LogP contribution in [0.15, 0.2) is 0 Å². The predicted molar refractivity (Wildman–Crippen MR) is 77.9 cm³/mol. The van der Waals surface area contributed by atoms with E-state index in [0.29, 0.717) is 18.5 Å². The van der Waals surface area contributed by atoms with Crippen molar-refractivity contribution in [3.8, 4) is 0 Å². The summed E-state index contributed by atoms with van der Waals surface area (Å²) in [6.45, 7) is 2.75. The first kappa shape index (κ1) is 15.3. The number of nitrogens with one attached hydrogen (secondary N) is 1. The van der Waals surface area contributed by atoms with Gasteiger partial charge in [-0.2, -0.15) is 0 Å². The van der Waals surface area contributed by atoms with E-state index in [1.165, 1.54) is 0 Å². The van der Waals surface area contributed by atoms with Gasteiger partial charge in [0.1, 0.15) is 0 Å². The van der Waals surface area contributed by atoms with E-state index in [1.54, 1.807) is 11.9 Å². The Morgan fingerprint density at radius 1 is 1.25 bits per heavy atom. The third-order valence-electron chi connectivity index (χ3n) is 4.75. The van der Waals surface area contributed by atoms with Crippen molar-refractivity contribution in [2.24, 2.45) is 17.1 Å². The van der Waals surface area contributed by atoms with Gasteiger partial charge in [-0.25, -0.2) is 0 Å². The normalized spacial score (nSPS) is 29.9. The minimum absolute atomic E-state index is 0.0397. The second-order valence-corrected chi connectivity index (χ2v) is 6.67. The van der Waals surface area contributed by atoms with Crippen LogP contribution in [0.2, 0.25) is 0 Å². The Kier molecular flexibility index (Phi) is 4.68. The Morgan fingerprint density at radius 2 is 1.85 bits per heavy atom. The lowest BCUT2D eigenvalue weighted by Crippen LogP contribution is -2.50. The maximum absolute atomic E-state index is 12.7. The molecule has 0 atom stereocenters. The molecule has 0 aromatic carbocycles. The van der Waals surface area contributed by atoms with Crippen molar-refractivity contribution in [1.29, 1.82) is 0 Å². The topological polar surface area (TPSA) is 75.4 Å². The molecular weight excluding hydrogens is 254 g/mol. The van der Waals surface area contributed by atoms with Crippen molar-refractivity contribution in [1.82, 2.24) is 10.2 Å². The second kappa shape index (κ2) is 6.12. The van der Waals surface area contributed by atoms with Gasteiger partial charge >= 0.3 is 0 Å². The molecule has 3 N–H and O–H groups in total. The summed E-state index contributed by atoms with van der Waals surface area (Å²) in [5.74, 6) is 0.656. The molecule has 0 aromatic heterocycles. The molecule has 0 unspecified atom stereocenters. The Bertz CT molecular complexity index is 371. The molecule has 0 spiro atoms. The zero-order valence-corrected chi connectivity index (χ0v) is 12.7. The Morgan fingerprint density at radius 3 is 2.35 bits per heavy atom. The standard InChI is InChI=1S/C15H27N3O2/c1-11-5-7-15(10-16,8-6-11)14(20)18(2)9-13(19)17-12-3-4-12/h11-12H,3-10,16H2,1-2H3,(H,17,19). The van der Waals surface area contributed by atoms with Gasteiger partial charge in [-0.3, -0.25) is 9.59 Å². The van der Waals surface area contributed by atoms with E-state index in [1.807, 2.05) is 0 Å². The van der Waals surface area contributed by atoms with Gasteiger partial charge in [-0.05, 0) is 44.4 Å². The maximum atomic E-state index is 12.7. The Labute approximate surface area is 121 Å². The predicted octanol–water partition coefficient (Wildman–Crippen LogP) is 0.879. The van der Waals surface area contributed by atoms with Gasteiger partial charge in [0.2, 0.25) is 11.8 Å². The minimum atomic E-state index is -0.443. The van der Waals surface area contributed by atoms with Crippen LogP contribution in [-0.2, 0) is 9.59 Å². The number of nitrogens with two attached hydrogens (primary N) is 1. The van der Waals surface area contributed by atoms with Gasteiger partial charge in [0.25, 0.3) is 0 Å². The van der Waals surface area contributed by atoms with Gasteiger partial charge in [0.15, 0.2) is 0 Å². The van der Waals surface area contributed by atoms with Crippen molar-refractivity contribution >= 4 is 11.8 Å². The molecule has 2 fully saturated rings. The van der Waals surface area contributed by atoms with Crippen molar-refractivity contribution in [3.05, 3.63) is 0 Å². The average molecular weight is 281 g/mol. The number of carbonyl (C=O) groups excluding carboxylic acids is 2. The van der Waals surface area contributed by atoms with Crippen LogP contribution in [0.1, 0.15) is 45.4 Å². The Balaban J connectivity index is 1.91. The highest BCUT2D eigenvalue weighted by atomic mass is 16.2. The van der Waals surface area contributed by atoms with Crippen LogP contribution < -0.4 is 11.1 Å². The van der Waals surface area contributed by atoms with Crippen LogP contribution >= 0.6 is 0 Å². The summed E-state index contributed by atoms with van der Waals surface area (Å²) in [6.07, 6.45) is 5.91. The van der Waals surface area contributed by atoms with Crippen LogP contribution in [0.3, 0.4) is 0 Å². The number of nitrogens with zero attached hydrogens (tertiary/aromatic N) is 1. The van der Waals surface area contributed by atoms with Crippen molar-refractivity contribution < 1.29 is 9.59 Å². The summed E-state index contributed by atoms with van der Waals surface area (Å²) in [5, 5.41) is 2.92. The van der Waals surface area contributed by atoms with Gasteiger partial charge in [-0.1, -0.05) is 6.92 Å². The molecule has 20 heavy (non-hydrogen) atoms. The third-order valence-corrected chi connectivity index (χ3v) is 4.75. The largest absolute Gasteiger partial charge is 0.352 e. The van der Waals surface area contributed by atoms with Crippen LogP contribution in [-0.4, -0.2) is 42.9 Å². The Hall–Kier alpha value is -1.10. The maximum Gasteiger partial charge on any atom is 0.239 e. The molecular formula is C15H27N3O2. The highest BCUT2D eigenvalue weighted by Crippen LogP contribution is 2.39. The first-order valence-corrected chi connectivity index (χ1v) is 7.72. The molecule has 114 valence electrons. The minimum Gasteiger partial charge on any atom is -0.352 e. The lowest BCUT2D eigenvalue weighted by atomic mass is 9.70. The van der Waals surface area contributed by atoms with Crippen LogP contribution in [0, 0.1) is 11.3 Å². The molecule has 2 aliphatic rings. The van der Waals surface area contributed by atoms with Gasteiger partial charge in [0, 0.05) is 19.6 Å². The molecule has 0 heterocycles. The van der Waals surface area contributed by atoms with Gasteiger partial charge < -0.3 is 16.0 Å². The van der Waals surface area contributed by atoms with E-state index in [4.69, 9.17) is 5.73 Å². The fourth-order valence-electron chi connectivity index (χ4n) is 3.01. The van der Waals surface area contributed by atoms with Gasteiger partial charge in [0.05, 0.1) is 12.0 Å². The molecule has 0 saturated heterocycles. The van der Waals surface area contributed by atoms with E-state index in [2.05, 4.69) is 12.2 Å². The summed E-state index contributed by atoms with van der Waals surface area (Å²) < 4.78 is 0. The van der Waals surface area contributed by atoms with Crippen molar-refractivity contribution in [3.63, 3.8) is 0 Å². The molecule has 0 bridgehead atoms. The van der Waals surface area contributed by atoms with E-state index in [9.17, 15) is 9.59 Å². The quantitative estimate of drug-likeness (QED) is 0.785. The van der Waals surface area contributed by atoms with Gasteiger partial charge in [-0.15, -0.1) is 0 Å². The lowest BCUT2D eigenvalue weighted by molar-refractivity contribution is -0.145. The molecule has 2 saturated carbocycles. The molecule has 5 heteroatoms. The summed E-state index contributed by atoms with van der Waals surface area (Å²) in [5.41, 5.74) is 5.45. The molecule has 2 aliphatic carbocycles. The van der Waals surface area contributed by atoms with Crippen LogP contribution in [0.25, 0.3) is 0 Å². The zero-order valence-electron chi connectivity index (χ0n) is 12.7. The third kappa shape index (κ3) is 3.51. The van der Waals surface area contributed by atoms with Crippen LogP contribution in [0.4, 0.5) is 0 Å². The number of hydrogen-bond acceptors (Lipinski definition) is 3. The zero-order chi connectivity index (χ0) is 14.8. The average Bonchev–Trinajstić information content (AvgIpc) is 3.23. The van der Waals surface area contributed by atoms with E-state index < -0.39 is 5.41 Å². The number of amides is 2. The first-order chi connectivity index (χ1) is 9.47. The van der Waals surface area contributed by atoms with Crippen molar-refractivity contribution in [2.75, 3.05) is 20.1 Å². The summed E-state index contributed by atoms with van der Waals surface area (Å²) in [4.78, 5) is 26.0. The number of likely N-dealkylation sites (N-methyl/N-ethyl adjacent to an activating group) is 1. The molecule has 2 amide bonds. The number of rotatable bonds is 5. The molecule has 0 aliphatic heterocycles. The number of hydrogen-bond donors (Lipinski definition) is 2. The van der Waals surface area contributed by atoms with E-state index in [0.717, 1.165) is 38.5 Å². The monoisotopic (exact) mass is 281 g/mol. The molecule has 0 radical (unpaired) electrons. The van der Waals surface area contributed by atoms with E-state index in [-0.39, 0.29) is 18.4 Å². The highest BCUT2D eigenvalue weighted by Gasteiger charge is 2.41. The first-order valence-electron chi connectivity index (χ1n) is 7.72. The lowest BCUT2D eigenvalue weighted by Gasteiger charge is -2.39. The smallest absolute Gasteiger partial charge is 0.239 e. The molecule has 2 rings (SSSR count). The van der Waals surface area contributed by atoms with Crippen LogP contribution in [0.5, 0.6) is 0 Å². The van der Waals surface area contributed by atoms with Crippen molar-refractivity contribution in [2.45, 2.75) is 51.5 Å². The SMILES string of the molecule is CC1CCC(CN)(C(=O)N(C)CC(=O)NC2CC2)CC1. The summed E-state index contributed by atoms with van der Waals surface area (Å²) >= 11 is 0. The number of carbonyl (C=O) groups is 2. The second-order valence-electron chi connectivity index (χ2n) is 6.67. The molecule has 5 nitrogen and oxygen atoms in total. The summed E-state index contributed by atoms with van der Waals surface area (Å²) in [7, 11) is 1.71. The van der Waals surface area contributed by atoms with E-state index >= 15 is 0 Å². The summed E-state index contributed by atoms with van der Waals surface area (Å²) in [6, 6.07) is 0.338. The highest BCUT2D eigenvalue weighted by molar-refractivity contribution is 5.88. The fourth-order valence-corrected chi connectivity index (χ4v) is 3.01.